The van der Waals surface area contributed by atoms with Crippen molar-refractivity contribution in [3.63, 3.8) is 0 Å². The van der Waals surface area contributed by atoms with Crippen LogP contribution in [0, 0.1) is 5.92 Å². The molecule has 0 saturated carbocycles. The second-order valence-electron chi connectivity index (χ2n) is 8.26. The van der Waals surface area contributed by atoms with Gasteiger partial charge in [-0.2, -0.15) is 5.10 Å². The van der Waals surface area contributed by atoms with Crippen LogP contribution in [-0.4, -0.2) is 41.8 Å². The average molecular weight is 461 g/mol. The summed E-state index contributed by atoms with van der Waals surface area (Å²) in [6.45, 7) is 4.04. The van der Waals surface area contributed by atoms with E-state index in [1.54, 1.807) is 38.2 Å². The van der Waals surface area contributed by atoms with Crippen LogP contribution in [0.15, 0.2) is 54.9 Å². The molecule has 176 valence electrons. The third-order valence-electron chi connectivity index (χ3n) is 5.41. The fourth-order valence-corrected chi connectivity index (χ4v) is 3.89. The van der Waals surface area contributed by atoms with Crippen LogP contribution >= 0.6 is 0 Å². The third kappa shape index (κ3) is 4.52. The zero-order chi connectivity index (χ0) is 24.2. The van der Waals surface area contributed by atoms with Gasteiger partial charge in [0, 0.05) is 29.4 Å². The number of carbonyl (C=O) groups excluding carboxylic acids is 1. The van der Waals surface area contributed by atoms with Gasteiger partial charge in [-0.05, 0) is 41.8 Å². The lowest BCUT2D eigenvalue weighted by Crippen LogP contribution is -2.13. The van der Waals surface area contributed by atoms with E-state index in [2.05, 4.69) is 15.4 Å². The number of nitrogens with one attached hydrogen (secondary N) is 1. The molecule has 8 heteroatoms. The number of hydrogen-bond donors (Lipinski definition) is 1. The second kappa shape index (κ2) is 9.82. The number of ether oxygens (including phenoxy) is 3. The first-order chi connectivity index (χ1) is 16.4. The topological polar surface area (TPSA) is 87.0 Å². The monoisotopic (exact) mass is 460 g/mol. The van der Waals surface area contributed by atoms with Crippen LogP contribution in [0.3, 0.4) is 0 Å². The summed E-state index contributed by atoms with van der Waals surface area (Å²) in [7, 11) is 4.74. The van der Waals surface area contributed by atoms with E-state index in [1.807, 2.05) is 56.3 Å². The van der Waals surface area contributed by atoms with Crippen LogP contribution in [0.4, 0.5) is 5.69 Å². The van der Waals surface area contributed by atoms with E-state index >= 15 is 0 Å². The zero-order valence-corrected chi connectivity index (χ0v) is 20.0. The lowest BCUT2D eigenvalue weighted by atomic mass is 10.1. The number of hydrogen-bond acceptors (Lipinski definition) is 6. The largest absolute Gasteiger partial charge is 0.493 e. The van der Waals surface area contributed by atoms with E-state index in [0.29, 0.717) is 35.2 Å². The Morgan fingerprint density at radius 1 is 1.00 bits per heavy atom. The highest BCUT2D eigenvalue weighted by Crippen LogP contribution is 2.42. The number of carbonyl (C=O) groups is 1. The van der Waals surface area contributed by atoms with Crippen molar-refractivity contribution in [3.8, 4) is 39.6 Å². The minimum atomic E-state index is -0.00389. The van der Waals surface area contributed by atoms with E-state index in [9.17, 15) is 4.79 Å². The standard InChI is InChI=1S/C26H28N4O4/c1-16(2)11-24(31)29-19-8-6-7-17(12-19)21-9-10-27-26-20(15-28-30(21)26)18-13-22(32-3)25(34-5)23(14-18)33-4/h6-10,12-16H,11H2,1-5H3,(H,29,31). The number of anilines is 1. The summed E-state index contributed by atoms with van der Waals surface area (Å²) in [6, 6.07) is 13.4. The minimum Gasteiger partial charge on any atom is -0.493 e. The van der Waals surface area contributed by atoms with Gasteiger partial charge in [-0.25, -0.2) is 9.50 Å². The summed E-state index contributed by atoms with van der Waals surface area (Å²) in [5.41, 5.74) is 4.84. The predicted octanol–water partition coefficient (Wildman–Crippen LogP) is 5.07. The van der Waals surface area contributed by atoms with Gasteiger partial charge in [-0.1, -0.05) is 26.0 Å². The molecule has 4 rings (SSSR count). The average Bonchev–Trinajstić information content (AvgIpc) is 3.27. The molecule has 2 aromatic heterocycles. The van der Waals surface area contributed by atoms with E-state index < -0.39 is 0 Å². The Morgan fingerprint density at radius 3 is 2.38 bits per heavy atom. The molecule has 1 amide bonds. The van der Waals surface area contributed by atoms with Crippen molar-refractivity contribution in [3.05, 3.63) is 54.9 Å². The highest BCUT2D eigenvalue weighted by Gasteiger charge is 2.18. The van der Waals surface area contributed by atoms with E-state index in [-0.39, 0.29) is 5.91 Å². The molecule has 8 nitrogen and oxygen atoms in total. The van der Waals surface area contributed by atoms with Crippen molar-refractivity contribution in [1.29, 1.82) is 0 Å². The quantitative estimate of drug-likeness (QED) is 0.395. The maximum Gasteiger partial charge on any atom is 0.224 e. The minimum absolute atomic E-state index is 0.00389. The van der Waals surface area contributed by atoms with Crippen molar-refractivity contribution in [2.45, 2.75) is 20.3 Å². The molecular formula is C26H28N4O4. The normalized spacial score (nSPS) is 11.0. The number of amides is 1. The molecule has 0 unspecified atom stereocenters. The molecule has 0 aliphatic carbocycles. The molecule has 1 N–H and O–H groups in total. The Bertz CT molecular complexity index is 1300. The number of aromatic nitrogens is 3. The molecule has 34 heavy (non-hydrogen) atoms. The van der Waals surface area contributed by atoms with Crippen LogP contribution in [0.25, 0.3) is 28.0 Å². The van der Waals surface area contributed by atoms with Gasteiger partial charge < -0.3 is 19.5 Å². The molecule has 2 heterocycles. The zero-order valence-electron chi connectivity index (χ0n) is 20.0. The third-order valence-corrected chi connectivity index (χ3v) is 5.41. The van der Waals surface area contributed by atoms with Crippen molar-refractivity contribution < 1.29 is 19.0 Å². The summed E-state index contributed by atoms with van der Waals surface area (Å²) in [5.74, 6) is 1.92. The molecule has 0 fully saturated rings. The van der Waals surface area contributed by atoms with E-state index in [4.69, 9.17) is 14.2 Å². The molecule has 4 aromatic rings. The van der Waals surface area contributed by atoms with Crippen molar-refractivity contribution in [2.75, 3.05) is 26.6 Å². The van der Waals surface area contributed by atoms with Crippen molar-refractivity contribution >= 4 is 17.2 Å². The van der Waals surface area contributed by atoms with Crippen LogP contribution in [0.2, 0.25) is 0 Å². The molecule has 0 radical (unpaired) electrons. The highest BCUT2D eigenvalue weighted by molar-refractivity contribution is 5.91. The van der Waals surface area contributed by atoms with Crippen LogP contribution < -0.4 is 19.5 Å². The molecule has 0 aliphatic rings. The Kier molecular flexibility index (Phi) is 6.67. The Labute approximate surface area is 198 Å². The Hall–Kier alpha value is -4.07. The fraction of sp³-hybridized carbons (Fsp3) is 0.269. The first-order valence-electron chi connectivity index (χ1n) is 11.0. The summed E-state index contributed by atoms with van der Waals surface area (Å²) < 4.78 is 18.2. The summed E-state index contributed by atoms with van der Waals surface area (Å²) in [5, 5.41) is 7.58. The van der Waals surface area contributed by atoms with Gasteiger partial charge in [0.15, 0.2) is 17.1 Å². The molecule has 0 spiro atoms. The summed E-state index contributed by atoms with van der Waals surface area (Å²) in [6.07, 6.45) is 3.99. The van der Waals surface area contributed by atoms with Crippen LogP contribution in [0.1, 0.15) is 20.3 Å². The van der Waals surface area contributed by atoms with E-state index in [0.717, 1.165) is 28.1 Å². The van der Waals surface area contributed by atoms with Gasteiger partial charge >= 0.3 is 0 Å². The Balaban J connectivity index is 1.76. The number of rotatable bonds is 8. The summed E-state index contributed by atoms with van der Waals surface area (Å²) in [4.78, 5) is 16.8. The van der Waals surface area contributed by atoms with Gasteiger partial charge in [0.2, 0.25) is 11.7 Å². The lowest BCUT2D eigenvalue weighted by Gasteiger charge is -2.13. The predicted molar refractivity (Wildman–Crippen MR) is 132 cm³/mol. The van der Waals surface area contributed by atoms with Gasteiger partial charge in [-0.15, -0.1) is 0 Å². The maximum atomic E-state index is 12.2. The number of methoxy groups -OCH3 is 3. The molecule has 0 bridgehead atoms. The number of fused-ring (bicyclic) bond motifs is 1. The smallest absolute Gasteiger partial charge is 0.224 e. The van der Waals surface area contributed by atoms with Gasteiger partial charge in [0.05, 0.1) is 33.2 Å². The fourth-order valence-electron chi connectivity index (χ4n) is 3.89. The van der Waals surface area contributed by atoms with Gasteiger partial charge in [0.25, 0.3) is 0 Å². The van der Waals surface area contributed by atoms with Crippen LogP contribution in [0.5, 0.6) is 17.2 Å². The summed E-state index contributed by atoms with van der Waals surface area (Å²) >= 11 is 0. The first kappa shape index (κ1) is 23.1. The molecule has 0 saturated heterocycles. The number of nitrogens with zero attached hydrogens (tertiary/aromatic N) is 3. The Morgan fingerprint density at radius 2 is 1.74 bits per heavy atom. The lowest BCUT2D eigenvalue weighted by molar-refractivity contribution is -0.116. The van der Waals surface area contributed by atoms with Gasteiger partial charge in [-0.3, -0.25) is 4.79 Å². The SMILES string of the molecule is COc1cc(-c2cnn3c(-c4cccc(NC(=O)CC(C)C)c4)ccnc23)cc(OC)c1OC. The van der Waals surface area contributed by atoms with Crippen molar-refractivity contribution in [2.24, 2.45) is 5.92 Å². The van der Waals surface area contributed by atoms with Crippen LogP contribution in [-0.2, 0) is 4.79 Å². The highest BCUT2D eigenvalue weighted by atomic mass is 16.5. The maximum absolute atomic E-state index is 12.2. The molecular weight excluding hydrogens is 432 g/mol. The first-order valence-corrected chi connectivity index (χ1v) is 11.0. The van der Waals surface area contributed by atoms with Crippen molar-refractivity contribution in [1.82, 2.24) is 14.6 Å². The molecule has 2 aromatic carbocycles. The second-order valence-corrected chi connectivity index (χ2v) is 8.26. The number of benzene rings is 2. The van der Waals surface area contributed by atoms with Gasteiger partial charge in [0.1, 0.15) is 0 Å². The molecule has 0 aliphatic heterocycles. The van der Waals surface area contributed by atoms with E-state index in [1.165, 1.54) is 0 Å². The molecule has 0 atom stereocenters.